The van der Waals surface area contributed by atoms with Crippen molar-refractivity contribution in [3.8, 4) is 22.3 Å². The average molecular weight is 967 g/mol. The first-order valence-corrected chi connectivity index (χ1v) is 26.6. The molecular weight excluding hydrogens is 917 g/mol. The van der Waals surface area contributed by atoms with Crippen LogP contribution in [-0.4, -0.2) is 0 Å². The van der Waals surface area contributed by atoms with Gasteiger partial charge in [0.2, 0.25) is 0 Å². The predicted molar refractivity (Wildman–Crippen MR) is 327 cm³/mol. The molecule has 15 rings (SSSR count). The van der Waals surface area contributed by atoms with Crippen LogP contribution in [0.1, 0.15) is 17.5 Å². The summed E-state index contributed by atoms with van der Waals surface area (Å²) in [6, 6.07) is 99.4. The van der Waals surface area contributed by atoms with Crippen LogP contribution in [0.2, 0.25) is 0 Å². The third kappa shape index (κ3) is 7.10. The maximum Gasteiger partial charge on any atom is 0.0540 e. The summed E-state index contributed by atoms with van der Waals surface area (Å²) in [6.45, 7) is 0. The predicted octanol–water partition coefficient (Wildman–Crippen LogP) is 21.0. The van der Waals surface area contributed by atoms with Gasteiger partial charge in [-0.1, -0.05) is 206 Å². The Hall–Kier alpha value is -9.76. The van der Waals surface area contributed by atoms with Crippen LogP contribution in [0, 0.1) is 0 Å². The normalized spacial score (nSPS) is 12.3. The summed E-state index contributed by atoms with van der Waals surface area (Å²) in [6.07, 6.45) is 6.61. The van der Waals surface area contributed by atoms with E-state index in [0.29, 0.717) is 0 Å². The van der Waals surface area contributed by atoms with Crippen molar-refractivity contribution in [1.29, 1.82) is 0 Å². The molecule has 0 unspecified atom stereocenters. The quantitative estimate of drug-likeness (QED) is 0.111. The lowest BCUT2D eigenvalue weighted by molar-refractivity contribution is 0.979. The van der Waals surface area contributed by atoms with Gasteiger partial charge in [0.15, 0.2) is 0 Å². The van der Waals surface area contributed by atoms with E-state index in [1.165, 1.54) is 114 Å². The first kappa shape index (κ1) is 43.8. The zero-order chi connectivity index (χ0) is 50.1. The van der Waals surface area contributed by atoms with Crippen molar-refractivity contribution >= 4 is 116 Å². The molecule has 0 saturated heterocycles. The highest BCUT2D eigenvalue weighted by atomic mass is 15.1. The van der Waals surface area contributed by atoms with Gasteiger partial charge in [0.05, 0.1) is 5.69 Å². The monoisotopic (exact) mass is 966 g/mol. The maximum absolute atomic E-state index is 2.51. The minimum Gasteiger partial charge on any atom is -0.310 e. The highest BCUT2D eigenvalue weighted by Gasteiger charge is 2.26. The number of hydrogen-bond donors (Lipinski definition) is 0. The van der Waals surface area contributed by atoms with Crippen molar-refractivity contribution in [1.82, 2.24) is 0 Å². The second-order valence-electron chi connectivity index (χ2n) is 20.2. The zero-order valence-corrected chi connectivity index (χ0v) is 41.9. The van der Waals surface area contributed by atoms with Crippen molar-refractivity contribution in [3.63, 3.8) is 0 Å². The Labute approximate surface area is 442 Å². The van der Waals surface area contributed by atoms with E-state index >= 15 is 0 Å². The molecule has 0 bridgehead atoms. The van der Waals surface area contributed by atoms with Gasteiger partial charge in [-0.05, 0) is 189 Å². The molecule has 0 fully saturated rings. The molecule has 1 aliphatic carbocycles. The number of rotatable bonds is 8. The molecule has 0 spiro atoms. The summed E-state index contributed by atoms with van der Waals surface area (Å²) in [5.74, 6) is 0. The van der Waals surface area contributed by atoms with Gasteiger partial charge in [-0.2, -0.15) is 0 Å². The Kier molecular flexibility index (Phi) is 10.4. The van der Waals surface area contributed by atoms with Gasteiger partial charge >= 0.3 is 0 Å². The Morgan fingerprint density at radius 2 is 0.697 bits per heavy atom. The van der Waals surface area contributed by atoms with Crippen LogP contribution in [0.25, 0.3) is 104 Å². The van der Waals surface area contributed by atoms with E-state index in [2.05, 4.69) is 289 Å². The molecular formula is C74H50N2. The molecule has 0 aromatic heterocycles. The fraction of sp³-hybridized carbons (Fsp3) is 0.0270. The smallest absolute Gasteiger partial charge is 0.0540 e. The summed E-state index contributed by atoms with van der Waals surface area (Å²) < 4.78 is 0. The van der Waals surface area contributed by atoms with E-state index in [1.54, 1.807) is 0 Å². The SMILES string of the molecule is C1=Cc2cccc(N(c3ccccc3)c3ccc4c(-c5cc6ccccc6c6ccccc56)c5cc(N(c6ccccc6)c6cccc7ccccc67)ccc5c(-c5cc6ccccc6c6ccccc56)c4c3)c2CC1. The largest absolute Gasteiger partial charge is 0.310 e. The minimum absolute atomic E-state index is 0.984. The zero-order valence-electron chi connectivity index (χ0n) is 41.9. The van der Waals surface area contributed by atoms with Crippen LogP contribution in [-0.2, 0) is 6.42 Å². The van der Waals surface area contributed by atoms with Gasteiger partial charge < -0.3 is 9.80 Å². The van der Waals surface area contributed by atoms with E-state index in [9.17, 15) is 0 Å². The molecule has 356 valence electrons. The molecule has 2 nitrogen and oxygen atoms in total. The van der Waals surface area contributed by atoms with Crippen LogP contribution >= 0.6 is 0 Å². The molecule has 0 atom stereocenters. The molecule has 14 aromatic carbocycles. The number of nitrogens with zero attached hydrogens (tertiary/aromatic N) is 2. The lowest BCUT2D eigenvalue weighted by Gasteiger charge is -2.30. The van der Waals surface area contributed by atoms with Crippen LogP contribution in [0.15, 0.2) is 273 Å². The Morgan fingerprint density at radius 3 is 1.26 bits per heavy atom. The highest BCUT2D eigenvalue weighted by molar-refractivity contribution is 6.29. The molecule has 0 radical (unpaired) electrons. The van der Waals surface area contributed by atoms with Crippen molar-refractivity contribution in [3.05, 3.63) is 284 Å². The maximum atomic E-state index is 2.51. The Bertz CT molecular complexity index is 4640. The molecule has 76 heavy (non-hydrogen) atoms. The lowest BCUT2D eigenvalue weighted by Crippen LogP contribution is -2.13. The topological polar surface area (TPSA) is 6.48 Å². The van der Waals surface area contributed by atoms with Gasteiger partial charge in [0.25, 0.3) is 0 Å². The molecule has 0 saturated carbocycles. The molecule has 14 aromatic rings. The summed E-state index contributed by atoms with van der Waals surface area (Å²) in [4.78, 5) is 4.95. The Morgan fingerprint density at radius 1 is 0.263 bits per heavy atom. The summed E-state index contributed by atoms with van der Waals surface area (Å²) >= 11 is 0. The Balaban J connectivity index is 1.13. The summed E-state index contributed by atoms with van der Waals surface area (Å²) in [5, 5.41) is 17.1. The average Bonchev–Trinajstić information content (AvgIpc) is 3.51. The number of hydrogen-bond acceptors (Lipinski definition) is 2. The van der Waals surface area contributed by atoms with Crippen molar-refractivity contribution < 1.29 is 0 Å². The fourth-order valence-corrected chi connectivity index (χ4v) is 12.7. The number of allylic oxidation sites excluding steroid dienone is 1. The van der Waals surface area contributed by atoms with Gasteiger partial charge in [-0.15, -0.1) is 0 Å². The third-order valence-electron chi connectivity index (χ3n) is 16.0. The number of fused-ring (bicyclic) bond motifs is 10. The van der Waals surface area contributed by atoms with Crippen LogP contribution in [0.5, 0.6) is 0 Å². The molecule has 0 amide bonds. The number of para-hydroxylation sites is 2. The van der Waals surface area contributed by atoms with Crippen LogP contribution < -0.4 is 9.80 Å². The van der Waals surface area contributed by atoms with E-state index in [-0.39, 0.29) is 0 Å². The molecule has 1 aliphatic rings. The first-order chi connectivity index (χ1) is 37.7. The fourth-order valence-electron chi connectivity index (χ4n) is 12.7. The molecule has 2 heteroatoms. The number of anilines is 6. The van der Waals surface area contributed by atoms with E-state index < -0.39 is 0 Å². The van der Waals surface area contributed by atoms with Gasteiger partial charge in [-0.3, -0.25) is 0 Å². The summed E-state index contributed by atoms with van der Waals surface area (Å²) in [7, 11) is 0. The van der Waals surface area contributed by atoms with Gasteiger partial charge in [0, 0.05) is 33.8 Å². The first-order valence-electron chi connectivity index (χ1n) is 26.6. The lowest BCUT2D eigenvalue weighted by atomic mass is 9.82. The molecule has 0 aliphatic heterocycles. The van der Waals surface area contributed by atoms with Gasteiger partial charge in [-0.25, -0.2) is 0 Å². The van der Waals surface area contributed by atoms with Crippen LogP contribution in [0.3, 0.4) is 0 Å². The minimum atomic E-state index is 0.984. The second-order valence-corrected chi connectivity index (χ2v) is 20.2. The summed E-state index contributed by atoms with van der Waals surface area (Å²) in [5.41, 5.74) is 14.3. The van der Waals surface area contributed by atoms with Gasteiger partial charge in [0.1, 0.15) is 0 Å². The molecule has 0 heterocycles. The van der Waals surface area contributed by atoms with Crippen LogP contribution in [0.4, 0.5) is 34.1 Å². The van der Waals surface area contributed by atoms with E-state index in [4.69, 9.17) is 0 Å². The second kappa shape index (κ2) is 18.0. The highest BCUT2D eigenvalue weighted by Crippen LogP contribution is 2.52. The van der Waals surface area contributed by atoms with Crippen molar-refractivity contribution in [2.45, 2.75) is 12.8 Å². The standard InChI is InChI=1S/C74H50N2/c1-3-27-53(28-4-1)75(71-39-19-25-49-21-7-13-33-59(49)71)55-41-43-65-69(47-55)73(67-45-51-23-9-11-31-57(51)61-35-15-17-37-63(61)67)66-44-42-56(76(54-29-5-2-6-30-54)72-40-20-26-50-22-8-14-34-60(50)72)48-70(66)74(65)68-46-52-24-10-12-32-58(52)62-36-16-18-38-64(62)68/h1-13,15-33,35-48H,14,34H2. The number of benzene rings is 14. The van der Waals surface area contributed by atoms with E-state index in [0.717, 1.165) is 41.3 Å². The third-order valence-corrected chi connectivity index (χ3v) is 16.0. The van der Waals surface area contributed by atoms with Crippen molar-refractivity contribution in [2.24, 2.45) is 0 Å². The molecule has 0 N–H and O–H groups in total. The van der Waals surface area contributed by atoms with Crippen molar-refractivity contribution in [2.75, 3.05) is 9.80 Å². The van der Waals surface area contributed by atoms with E-state index in [1.807, 2.05) is 0 Å².